The Bertz CT molecular complexity index is 930. The van der Waals surface area contributed by atoms with Crippen LogP contribution in [0.25, 0.3) is 0 Å². The number of amides is 1. The van der Waals surface area contributed by atoms with Crippen molar-refractivity contribution < 1.29 is 9.53 Å². The van der Waals surface area contributed by atoms with E-state index in [2.05, 4.69) is 50.4 Å². The number of ether oxygens (including phenoxy) is 1. The molecule has 31 heavy (non-hydrogen) atoms. The molecule has 1 fully saturated rings. The Morgan fingerprint density at radius 3 is 2.32 bits per heavy atom. The van der Waals surface area contributed by atoms with Crippen molar-refractivity contribution in [2.24, 2.45) is 0 Å². The van der Waals surface area contributed by atoms with Crippen molar-refractivity contribution in [2.45, 2.75) is 12.6 Å². The second-order valence-corrected chi connectivity index (χ2v) is 7.60. The van der Waals surface area contributed by atoms with Crippen molar-refractivity contribution >= 4 is 11.8 Å². The van der Waals surface area contributed by atoms with Gasteiger partial charge in [0.05, 0.1) is 6.04 Å². The molecule has 3 aromatic rings. The molecule has 0 bridgehead atoms. The molecular weight excluding hydrogens is 388 g/mol. The van der Waals surface area contributed by atoms with Gasteiger partial charge in [-0.25, -0.2) is 4.79 Å². The van der Waals surface area contributed by atoms with Crippen molar-refractivity contribution in [3.05, 3.63) is 96.3 Å². The van der Waals surface area contributed by atoms with Gasteiger partial charge < -0.3 is 15.0 Å². The first-order valence-electron chi connectivity index (χ1n) is 10.7. The van der Waals surface area contributed by atoms with E-state index in [9.17, 15) is 4.79 Å². The van der Waals surface area contributed by atoms with Crippen molar-refractivity contribution in [1.29, 1.82) is 0 Å². The van der Waals surface area contributed by atoms with Crippen LogP contribution in [0.3, 0.4) is 0 Å². The molecule has 2 aromatic carbocycles. The number of aromatic nitrogens is 1. The number of benzene rings is 2. The molecule has 1 atom stereocenters. The molecule has 1 aliphatic rings. The van der Waals surface area contributed by atoms with Gasteiger partial charge in [0.15, 0.2) is 0 Å². The van der Waals surface area contributed by atoms with E-state index >= 15 is 0 Å². The lowest BCUT2D eigenvalue weighted by atomic mass is 10.1. The lowest BCUT2D eigenvalue weighted by molar-refractivity contribution is 0.130. The van der Waals surface area contributed by atoms with E-state index in [4.69, 9.17) is 4.74 Å². The molecular formula is C25H28N4O2. The van der Waals surface area contributed by atoms with Gasteiger partial charge in [0.1, 0.15) is 6.61 Å². The third kappa shape index (κ3) is 5.83. The monoisotopic (exact) mass is 416 g/mol. The summed E-state index contributed by atoms with van der Waals surface area (Å²) in [5.41, 5.74) is 3.32. The van der Waals surface area contributed by atoms with E-state index in [1.165, 1.54) is 5.69 Å². The summed E-state index contributed by atoms with van der Waals surface area (Å²) >= 11 is 0. The quantitative estimate of drug-likeness (QED) is 0.634. The zero-order valence-electron chi connectivity index (χ0n) is 17.6. The smallest absolute Gasteiger partial charge is 0.407 e. The minimum atomic E-state index is -0.402. The molecule has 0 spiro atoms. The highest BCUT2D eigenvalue weighted by atomic mass is 16.5. The summed E-state index contributed by atoms with van der Waals surface area (Å²) in [7, 11) is 0. The molecule has 6 heteroatoms. The summed E-state index contributed by atoms with van der Waals surface area (Å²) < 4.78 is 5.38. The van der Waals surface area contributed by atoms with Crippen LogP contribution in [0.2, 0.25) is 0 Å². The summed E-state index contributed by atoms with van der Waals surface area (Å²) in [6.45, 7) is 4.45. The first-order chi connectivity index (χ1) is 15.3. The number of pyridine rings is 1. The Kier molecular flexibility index (Phi) is 7.13. The van der Waals surface area contributed by atoms with Gasteiger partial charge in [-0.3, -0.25) is 9.88 Å². The van der Waals surface area contributed by atoms with Crippen molar-refractivity contribution in [1.82, 2.24) is 15.2 Å². The Morgan fingerprint density at radius 1 is 0.935 bits per heavy atom. The summed E-state index contributed by atoms with van der Waals surface area (Å²) in [6, 6.07) is 24.3. The maximum Gasteiger partial charge on any atom is 0.407 e. The molecule has 0 unspecified atom stereocenters. The number of nitrogens with one attached hydrogen (secondary N) is 1. The third-order valence-electron chi connectivity index (χ3n) is 5.60. The number of piperazine rings is 1. The Hall–Kier alpha value is -3.38. The summed E-state index contributed by atoms with van der Waals surface area (Å²) in [6.07, 6.45) is 3.25. The SMILES string of the molecule is O=C(NC[C@@H](c1cccnc1)N1CCN(c2ccccc2)CC1)OCc1ccccc1. The van der Waals surface area contributed by atoms with E-state index in [0.717, 1.165) is 37.3 Å². The standard InChI is InChI=1S/C25H28N4O2/c30-25(31-20-21-8-3-1-4-9-21)27-19-24(22-10-7-13-26-18-22)29-16-14-28(15-17-29)23-11-5-2-6-12-23/h1-13,18,24H,14-17,19-20H2,(H,27,30)/t24-/m0/s1. The molecule has 0 radical (unpaired) electrons. The van der Waals surface area contributed by atoms with Crippen LogP contribution in [-0.2, 0) is 11.3 Å². The van der Waals surface area contributed by atoms with Crippen molar-refractivity contribution in [3.8, 4) is 0 Å². The van der Waals surface area contributed by atoms with Crippen LogP contribution in [0.5, 0.6) is 0 Å². The first-order valence-corrected chi connectivity index (χ1v) is 10.7. The Balaban J connectivity index is 1.35. The van der Waals surface area contributed by atoms with Crippen LogP contribution in [0.15, 0.2) is 85.2 Å². The molecule has 1 saturated heterocycles. The van der Waals surface area contributed by atoms with Crippen LogP contribution < -0.4 is 10.2 Å². The van der Waals surface area contributed by atoms with Crippen molar-refractivity contribution in [2.75, 3.05) is 37.6 Å². The first kappa shape index (κ1) is 20.9. The second kappa shape index (κ2) is 10.6. The van der Waals surface area contributed by atoms with Crippen molar-refractivity contribution in [3.63, 3.8) is 0 Å². The topological polar surface area (TPSA) is 57.7 Å². The number of nitrogens with zero attached hydrogens (tertiary/aromatic N) is 3. The predicted octanol–water partition coefficient (Wildman–Crippen LogP) is 3.87. The largest absolute Gasteiger partial charge is 0.445 e. The molecule has 1 aromatic heterocycles. The van der Waals surface area contributed by atoms with Crippen LogP contribution >= 0.6 is 0 Å². The molecule has 0 aliphatic carbocycles. The summed E-state index contributed by atoms with van der Waals surface area (Å²) in [5.74, 6) is 0. The predicted molar refractivity (Wildman–Crippen MR) is 122 cm³/mol. The average molecular weight is 417 g/mol. The van der Waals surface area contributed by atoms with E-state index in [1.807, 2.05) is 48.7 Å². The van der Waals surface area contributed by atoms with E-state index in [-0.39, 0.29) is 12.6 Å². The zero-order chi connectivity index (χ0) is 21.3. The lowest BCUT2D eigenvalue weighted by Crippen LogP contribution is -2.50. The fraction of sp³-hybridized carbons (Fsp3) is 0.280. The minimum Gasteiger partial charge on any atom is -0.445 e. The molecule has 4 rings (SSSR count). The minimum absolute atomic E-state index is 0.0518. The maximum atomic E-state index is 12.3. The molecule has 1 amide bonds. The van der Waals surface area contributed by atoms with E-state index < -0.39 is 6.09 Å². The molecule has 1 N–H and O–H groups in total. The summed E-state index contributed by atoms with van der Waals surface area (Å²) in [4.78, 5) is 21.4. The highest BCUT2D eigenvalue weighted by molar-refractivity contribution is 5.67. The highest BCUT2D eigenvalue weighted by Crippen LogP contribution is 2.23. The van der Waals surface area contributed by atoms with Crippen LogP contribution in [0.1, 0.15) is 17.2 Å². The Labute approximate surface area is 183 Å². The fourth-order valence-electron chi connectivity index (χ4n) is 3.92. The number of carbonyl (C=O) groups excluding carboxylic acids is 1. The van der Waals surface area contributed by atoms with E-state index in [1.54, 1.807) is 6.20 Å². The number of carbonyl (C=O) groups is 1. The van der Waals surface area contributed by atoms with Crippen LogP contribution in [0.4, 0.5) is 10.5 Å². The maximum absolute atomic E-state index is 12.3. The number of hydrogen-bond donors (Lipinski definition) is 1. The second-order valence-electron chi connectivity index (χ2n) is 7.60. The van der Waals surface area contributed by atoms with Gasteiger partial charge in [-0.2, -0.15) is 0 Å². The molecule has 0 saturated carbocycles. The van der Waals surface area contributed by atoms with Gasteiger partial charge in [-0.1, -0.05) is 54.6 Å². The van der Waals surface area contributed by atoms with Gasteiger partial charge in [0.25, 0.3) is 0 Å². The number of rotatable bonds is 7. The van der Waals surface area contributed by atoms with Gasteiger partial charge in [0, 0.05) is 50.8 Å². The molecule has 6 nitrogen and oxygen atoms in total. The molecule has 2 heterocycles. The third-order valence-corrected chi connectivity index (χ3v) is 5.60. The number of para-hydroxylation sites is 1. The highest BCUT2D eigenvalue weighted by Gasteiger charge is 2.26. The molecule has 1 aliphatic heterocycles. The number of anilines is 1. The average Bonchev–Trinajstić information content (AvgIpc) is 2.85. The van der Waals surface area contributed by atoms with Gasteiger partial charge in [0.2, 0.25) is 0 Å². The van der Waals surface area contributed by atoms with Gasteiger partial charge >= 0.3 is 6.09 Å². The van der Waals surface area contributed by atoms with Gasteiger partial charge in [-0.15, -0.1) is 0 Å². The van der Waals surface area contributed by atoms with Crippen LogP contribution in [-0.4, -0.2) is 48.7 Å². The number of hydrogen-bond acceptors (Lipinski definition) is 5. The molecule has 160 valence electrons. The zero-order valence-corrected chi connectivity index (χ0v) is 17.6. The fourth-order valence-corrected chi connectivity index (χ4v) is 3.92. The Morgan fingerprint density at radius 2 is 1.65 bits per heavy atom. The summed E-state index contributed by atoms with van der Waals surface area (Å²) in [5, 5.41) is 2.95. The lowest BCUT2D eigenvalue weighted by Gasteiger charge is -2.40. The van der Waals surface area contributed by atoms with Crippen LogP contribution in [0, 0.1) is 0 Å². The van der Waals surface area contributed by atoms with Gasteiger partial charge in [-0.05, 0) is 29.3 Å². The van der Waals surface area contributed by atoms with E-state index in [0.29, 0.717) is 6.54 Å². The normalized spacial score (nSPS) is 15.3. The number of alkyl carbamates (subject to hydrolysis) is 1.